The third kappa shape index (κ3) is 2.35. The second-order valence-electron chi connectivity index (χ2n) is 4.18. The first-order chi connectivity index (χ1) is 7.81. The standard InChI is InChI=1S/C13H18N2O/c1-3-5-11(2)13-14-7-8-15(13)10-12-6-4-9-16-12/h4,6-9,11H,3,5,10H2,1-2H3/t11-/m0/s1. The van der Waals surface area contributed by atoms with E-state index in [1.54, 1.807) is 6.26 Å². The number of aromatic nitrogens is 2. The number of imidazole rings is 1. The summed E-state index contributed by atoms with van der Waals surface area (Å²) in [5.74, 6) is 2.64. The van der Waals surface area contributed by atoms with Gasteiger partial charge in [0, 0.05) is 18.3 Å². The van der Waals surface area contributed by atoms with Crippen LogP contribution in [0.25, 0.3) is 0 Å². The molecule has 0 radical (unpaired) electrons. The first-order valence-corrected chi connectivity index (χ1v) is 5.84. The monoisotopic (exact) mass is 218 g/mol. The van der Waals surface area contributed by atoms with Crippen LogP contribution in [0.4, 0.5) is 0 Å². The van der Waals surface area contributed by atoms with Gasteiger partial charge in [-0.25, -0.2) is 4.98 Å². The van der Waals surface area contributed by atoms with Crippen LogP contribution < -0.4 is 0 Å². The average molecular weight is 218 g/mol. The van der Waals surface area contributed by atoms with E-state index in [4.69, 9.17) is 4.42 Å². The molecule has 0 aliphatic carbocycles. The maximum atomic E-state index is 5.35. The molecular weight excluding hydrogens is 200 g/mol. The van der Waals surface area contributed by atoms with Gasteiger partial charge in [0.1, 0.15) is 11.6 Å². The molecule has 0 N–H and O–H groups in total. The fraction of sp³-hybridized carbons (Fsp3) is 0.462. The highest BCUT2D eigenvalue weighted by Crippen LogP contribution is 2.19. The molecule has 0 spiro atoms. The molecule has 2 rings (SSSR count). The van der Waals surface area contributed by atoms with Gasteiger partial charge < -0.3 is 8.98 Å². The van der Waals surface area contributed by atoms with Crippen LogP contribution in [-0.2, 0) is 6.54 Å². The maximum absolute atomic E-state index is 5.35. The van der Waals surface area contributed by atoms with Crippen molar-refractivity contribution in [2.75, 3.05) is 0 Å². The number of nitrogens with zero attached hydrogens (tertiary/aromatic N) is 2. The Morgan fingerprint density at radius 3 is 3.06 bits per heavy atom. The Balaban J connectivity index is 2.13. The van der Waals surface area contributed by atoms with Crippen molar-refractivity contribution < 1.29 is 4.42 Å². The molecule has 2 aromatic rings. The third-order valence-corrected chi connectivity index (χ3v) is 2.82. The Labute approximate surface area is 96.1 Å². The van der Waals surface area contributed by atoms with E-state index in [0.717, 1.165) is 18.1 Å². The van der Waals surface area contributed by atoms with Crippen LogP contribution in [0.15, 0.2) is 35.2 Å². The molecular formula is C13H18N2O. The van der Waals surface area contributed by atoms with Crippen LogP contribution in [-0.4, -0.2) is 9.55 Å². The van der Waals surface area contributed by atoms with Gasteiger partial charge in [-0.15, -0.1) is 0 Å². The minimum atomic E-state index is 0.509. The summed E-state index contributed by atoms with van der Waals surface area (Å²) in [6, 6.07) is 3.91. The Kier molecular flexibility index (Phi) is 3.44. The van der Waals surface area contributed by atoms with E-state index in [1.807, 2.05) is 24.5 Å². The normalized spacial score (nSPS) is 12.9. The molecule has 0 saturated heterocycles. The van der Waals surface area contributed by atoms with Crippen LogP contribution in [0, 0.1) is 0 Å². The molecule has 0 unspecified atom stereocenters. The highest BCUT2D eigenvalue weighted by atomic mass is 16.3. The zero-order valence-electron chi connectivity index (χ0n) is 9.89. The molecule has 1 atom stereocenters. The van der Waals surface area contributed by atoms with E-state index < -0.39 is 0 Å². The topological polar surface area (TPSA) is 31.0 Å². The van der Waals surface area contributed by atoms with Gasteiger partial charge in [-0.1, -0.05) is 20.3 Å². The molecule has 0 bridgehead atoms. The highest BCUT2D eigenvalue weighted by Gasteiger charge is 2.11. The van der Waals surface area contributed by atoms with Crippen LogP contribution >= 0.6 is 0 Å². The Hall–Kier alpha value is -1.51. The van der Waals surface area contributed by atoms with Crippen LogP contribution in [0.3, 0.4) is 0 Å². The second-order valence-corrected chi connectivity index (χ2v) is 4.18. The Bertz CT molecular complexity index is 417. The number of hydrogen-bond donors (Lipinski definition) is 0. The van der Waals surface area contributed by atoms with E-state index in [0.29, 0.717) is 5.92 Å². The molecule has 0 aliphatic heterocycles. The molecule has 2 aromatic heterocycles. The van der Waals surface area contributed by atoms with Gasteiger partial charge in [-0.3, -0.25) is 0 Å². The van der Waals surface area contributed by atoms with Gasteiger partial charge in [-0.05, 0) is 18.6 Å². The Morgan fingerprint density at radius 1 is 1.50 bits per heavy atom. The molecule has 0 aromatic carbocycles. The van der Waals surface area contributed by atoms with E-state index in [1.165, 1.54) is 12.8 Å². The Morgan fingerprint density at radius 2 is 2.38 bits per heavy atom. The van der Waals surface area contributed by atoms with E-state index in [2.05, 4.69) is 23.4 Å². The van der Waals surface area contributed by atoms with Gasteiger partial charge in [0.25, 0.3) is 0 Å². The number of rotatable bonds is 5. The summed E-state index contributed by atoms with van der Waals surface area (Å²) in [6.45, 7) is 5.21. The molecule has 0 aliphatic rings. The predicted molar refractivity (Wildman–Crippen MR) is 63.4 cm³/mol. The van der Waals surface area contributed by atoms with Crippen molar-refractivity contribution in [3.05, 3.63) is 42.4 Å². The van der Waals surface area contributed by atoms with Crippen molar-refractivity contribution in [3.8, 4) is 0 Å². The van der Waals surface area contributed by atoms with Crippen molar-refractivity contribution in [1.29, 1.82) is 0 Å². The summed E-state index contributed by atoms with van der Waals surface area (Å²) < 4.78 is 7.52. The van der Waals surface area contributed by atoms with Gasteiger partial charge in [0.05, 0.1) is 12.8 Å². The second kappa shape index (κ2) is 5.01. The van der Waals surface area contributed by atoms with Gasteiger partial charge in [-0.2, -0.15) is 0 Å². The van der Waals surface area contributed by atoms with E-state index in [-0.39, 0.29) is 0 Å². The lowest BCUT2D eigenvalue weighted by atomic mass is 10.1. The van der Waals surface area contributed by atoms with Crippen LogP contribution in [0.2, 0.25) is 0 Å². The SMILES string of the molecule is CCC[C@H](C)c1nccn1Cc1ccco1. The number of hydrogen-bond acceptors (Lipinski definition) is 2. The van der Waals surface area contributed by atoms with Crippen molar-refractivity contribution in [2.45, 2.75) is 39.2 Å². The number of furan rings is 1. The molecule has 0 fully saturated rings. The fourth-order valence-electron chi connectivity index (χ4n) is 2.02. The van der Waals surface area contributed by atoms with Crippen molar-refractivity contribution in [1.82, 2.24) is 9.55 Å². The lowest BCUT2D eigenvalue weighted by Crippen LogP contribution is -2.07. The van der Waals surface area contributed by atoms with Crippen LogP contribution in [0.5, 0.6) is 0 Å². The fourth-order valence-corrected chi connectivity index (χ4v) is 2.02. The summed E-state index contributed by atoms with van der Waals surface area (Å²) >= 11 is 0. The zero-order chi connectivity index (χ0) is 11.4. The van der Waals surface area contributed by atoms with Gasteiger partial charge in [0.15, 0.2) is 0 Å². The predicted octanol–water partition coefficient (Wildman–Crippen LogP) is 3.43. The molecule has 16 heavy (non-hydrogen) atoms. The van der Waals surface area contributed by atoms with Crippen molar-refractivity contribution >= 4 is 0 Å². The van der Waals surface area contributed by atoms with Crippen molar-refractivity contribution in [2.24, 2.45) is 0 Å². The maximum Gasteiger partial charge on any atom is 0.123 e. The zero-order valence-corrected chi connectivity index (χ0v) is 9.89. The quantitative estimate of drug-likeness (QED) is 0.769. The van der Waals surface area contributed by atoms with Crippen molar-refractivity contribution in [3.63, 3.8) is 0 Å². The summed E-state index contributed by atoms with van der Waals surface area (Å²) in [7, 11) is 0. The molecule has 86 valence electrons. The largest absolute Gasteiger partial charge is 0.467 e. The summed E-state index contributed by atoms with van der Waals surface area (Å²) in [5, 5.41) is 0. The lowest BCUT2D eigenvalue weighted by molar-refractivity contribution is 0.481. The summed E-state index contributed by atoms with van der Waals surface area (Å²) in [5.41, 5.74) is 0. The van der Waals surface area contributed by atoms with Gasteiger partial charge >= 0.3 is 0 Å². The minimum absolute atomic E-state index is 0.509. The van der Waals surface area contributed by atoms with E-state index in [9.17, 15) is 0 Å². The third-order valence-electron chi connectivity index (χ3n) is 2.82. The molecule has 3 heteroatoms. The minimum Gasteiger partial charge on any atom is -0.467 e. The summed E-state index contributed by atoms with van der Waals surface area (Å²) in [6.07, 6.45) is 7.96. The average Bonchev–Trinajstić information content (AvgIpc) is 2.90. The molecule has 3 nitrogen and oxygen atoms in total. The van der Waals surface area contributed by atoms with Crippen LogP contribution in [0.1, 0.15) is 44.2 Å². The highest BCUT2D eigenvalue weighted by molar-refractivity contribution is 5.05. The first kappa shape index (κ1) is 11.0. The lowest BCUT2D eigenvalue weighted by Gasteiger charge is -2.12. The van der Waals surface area contributed by atoms with E-state index >= 15 is 0 Å². The smallest absolute Gasteiger partial charge is 0.123 e. The molecule has 2 heterocycles. The first-order valence-electron chi connectivity index (χ1n) is 5.84. The molecule has 0 amide bonds. The van der Waals surface area contributed by atoms with Gasteiger partial charge in [0.2, 0.25) is 0 Å². The molecule has 0 saturated carbocycles. The summed E-state index contributed by atoms with van der Waals surface area (Å²) in [4.78, 5) is 4.44.